The van der Waals surface area contributed by atoms with Crippen LogP contribution in [0.2, 0.25) is 0 Å². The third kappa shape index (κ3) is 4.39. The van der Waals surface area contributed by atoms with Crippen LogP contribution in [0.1, 0.15) is 11.3 Å². The third-order valence-electron chi connectivity index (χ3n) is 4.43. The molecule has 0 spiro atoms. The second-order valence-electron chi connectivity index (χ2n) is 6.35. The first-order chi connectivity index (χ1) is 12.4. The maximum absolute atomic E-state index is 11.7. The molecule has 0 fully saturated rings. The van der Waals surface area contributed by atoms with E-state index >= 15 is 0 Å². The number of benzene rings is 2. The van der Waals surface area contributed by atoms with Gasteiger partial charge in [0, 0.05) is 37.8 Å². The number of sulfonamides is 1. The Morgan fingerprint density at radius 2 is 1.62 bits per heavy atom. The average molecular weight is 369 g/mol. The molecule has 0 radical (unpaired) electrons. The van der Waals surface area contributed by atoms with Gasteiger partial charge in [0.15, 0.2) is 0 Å². The molecule has 0 aliphatic carbocycles. The normalized spacial score (nSPS) is 11.8. The summed E-state index contributed by atoms with van der Waals surface area (Å²) in [5, 5.41) is 0. The van der Waals surface area contributed by atoms with Gasteiger partial charge in [-0.1, -0.05) is 60.7 Å². The number of aromatic nitrogens is 2. The van der Waals surface area contributed by atoms with Crippen molar-refractivity contribution >= 4 is 10.0 Å². The summed E-state index contributed by atoms with van der Waals surface area (Å²) in [7, 11) is -1.59. The van der Waals surface area contributed by atoms with E-state index in [2.05, 4.69) is 21.7 Å². The van der Waals surface area contributed by atoms with Crippen molar-refractivity contribution < 1.29 is 8.42 Å². The SMILES string of the molecule is CN(CCn1cnc(-c2ccccc2)c1Cc1ccccc1)S(C)(=O)=O. The Labute approximate surface area is 155 Å². The van der Waals surface area contributed by atoms with Crippen LogP contribution in [0.5, 0.6) is 0 Å². The van der Waals surface area contributed by atoms with Crippen LogP contribution in [0.4, 0.5) is 0 Å². The van der Waals surface area contributed by atoms with Gasteiger partial charge in [-0.15, -0.1) is 0 Å². The van der Waals surface area contributed by atoms with E-state index in [0.717, 1.165) is 23.4 Å². The molecule has 0 saturated carbocycles. The summed E-state index contributed by atoms with van der Waals surface area (Å²) in [5.74, 6) is 0. The molecule has 6 heteroatoms. The van der Waals surface area contributed by atoms with Crippen molar-refractivity contribution in [1.29, 1.82) is 0 Å². The zero-order valence-corrected chi connectivity index (χ0v) is 15.9. The molecule has 26 heavy (non-hydrogen) atoms. The van der Waals surface area contributed by atoms with Crippen LogP contribution >= 0.6 is 0 Å². The first-order valence-corrected chi connectivity index (χ1v) is 10.3. The van der Waals surface area contributed by atoms with E-state index in [1.165, 1.54) is 16.1 Å². The Balaban J connectivity index is 1.92. The van der Waals surface area contributed by atoms with E-state index in [1.54, 1.807) is 13.4 Å². The van der Waals surface area contributed by atoms with Gasteiger partial charge >= 0.3 is 0 Å². The zero-order chi connectivity index (χ0) is 18.6. The number of likely N-dealkylation sites (N-methyl/N-ethyl adjacent to an activating group) is 1. The van der Waals surface area contributed by atoms with Crippen LogP contribution in [0, 0.1) is 0 Å². The van der Waals surface area contributed by atoms with Crippen LogP contribution < -0.4 is 0 Å². The van der Waals surface area contributed by atoms with E-state index in [1.807, 2.05) is 48.5 Å². The fourth-order valence-corrected chi connectivity index (χ4v) is 3.24. The van der Waals surface area contributed by atoms with Crippen molar-refractivity contribution in [3.8, 4) is 11.3 Å². The van der Waals surface area contributed by atoms with Crippen molar-refractivity contribution in [3.63, 3.8) is 0 Å². The van der Waals surface area contributed by atoms with Gasteiger partial charge in [-0.05, 0) is 5.56 Å². The van der Waals surface area contributed by atoms with Gasteiger partial charge in [0.1, 0.15) is 0 Å². The van der Waals surface area contributed by atoms with E-state index in [-0.39, 0.29) is 0 Å². The zero-order valence-electron chi connectivity index (χ0n) is 15.0. The summed E-state index contributed by atoms with van der Waals surface area (Å²) < 4.78 is 26.7. The number of hydrogen-bond acceptors (Lipinski definition) is 3. The Hall–Kier alpha value is -2.44. The molecule has 2 aromatic carbocycles. The van der Waals surface area contributed by atoms with Gasteiger partial charge in [-0.3, -0.25) is 0 Å². The highest BCUT2D eigenvalue weighted by molar-refractivity contribution is 7.88. The summed E-state index contributed by atoms with van der Waals surface area (Å²) in [6, 6.07) is 20.3. The van der Waals surface area contributed by atoms with Crippen LogP contribution in [0.25, 0.3) is 11.3 Å². The fourth-order valence-electron chi connectivity index (χ4n) is 2.83. The standard InChI is InChI=1S/C20H23N3O2S/c1-22(26(2,24)25)13-14-23-16-21-20(18-11-7-4-8-12-18)19(23)15-17-9-5-3-6-10-17/h3-12,16H,13-15H2,1-2H3. The van der Waals surface area contributed by atoms with Gasteiger partial charge < -0.3 is 4.57 Å². The summed E-state index contributed by atoms with van der Waals surface area (Å²) in [5.41, 5.74) is 4.29. The van der Waals surface area contributed by atoms with Crippen molar-refractivity contribution in [2.24, 2.45) is 0 Å². The second kappa shape index (κ2) is 7.85. The van der Waals surface area contributed by atoms with E-state index in [9.17, 15) is 8.42 Å². The Kier molecular flexibility index (Phi) is 5.54. The molecule has 1 heterocycles. The predicted octanol–water partition coefficient (Wildman–Crippen LogP) is 3.03. The summed E-state index contributed by atoms with van der Waals surface area (Å²) >= 11 is 0. The summed E-state index contributed by atoms with van der Waals surface area (Å²) in [4.78, 5) is 4.62. The van der Waals surface area contributed by atoms with E-state index < -0.39 is 10.0 Å². The fraction of sp³-hybridized carbons (Fsp3) is 0.250. The van der Waals surface area contributed by atoms with Crippen LogP contribution in [-0.2, 0) is 23.0 Å². The maximum atomic E-state index is 11.7. The van der Waals surface area contributed by atoms with Crippen molar-refractivity contribution in [1.82, 2.24) is 13.9 Å². The number of imidazole rings is 1. The molecule has 136 valence electrons. The highest BCUT2D eigenvalue weighted by Gasteiger charge is 2.16. The molecule has 0 bridgehead atoms. The molecule has 3 rings (SSSR count). The molecule has 0 saturated heterocycles. The smallest absolute Gasteiger partial charge is 0.211 e. The largest absolute Gasteiger partial charge is 0.332 e. The molecule has 0 N–H and O–H groups in total. The van der Waals surface area contributed by atoms with Crippen molar-refractivity contribution in [2.45, 2.75) is 13.0 Å². The van der Waals surface area contributed by atoms with E-state index in [0.29, 0.717) is 13.1 Å². The number of nitrogens with zero attached hydrogens (tertiary/aromatic N) is 3. The molecule has 0 amide bonds. The minimum absolute atomic E-state index is 0.408. The first kappa shape index (κ1) is 18.4. The van der Waals surface area contributed by atoms with Crippen LogP contribution in [0.3, 0.4) is 0 Å². The number of hydrogen-bond donors (Lipinski definition) is 0. The van der Waals surface area contributed by atoms with Crippen LogP contribution in [-0.4, -0.2) is 42.1 Å². The summed E-state index contributed by atoms with van der Waals surface area (Å²) in [6.07, 6.45) is 3.77. The lowest BCUT2D eigenvalue weighted by atomic mass is 10.0. The summed E-state index contributed by atoms with van der Waals surface area (Å²) in [6.45, 7) is 0.969. The van der Waals surface area contributed by atoms with Gasteiger partial charge in [0.25, 0.3) is 0 Å². The second-order valence-corrected chi connectivity index (χ2v) is 8.44. The molecule has 0 aliphatic heterocycles. The average Bonchev–Trinajstić information content (AvgIpc) is 3.03. The molecular weight excluding hydrogens is 346 g/mol. The lowest BCUT2D eigenvalue weighted by Crippen LogP contribution is -2.29. The minimum atomic E-state index is -3.19. The monoisotopic (exact) mass is 369 g/mol. The Bertz CT molecular complexity index is 951. The quantitative estimate of drug-likeness (QED) is 0.643. The molecular formula is C20H23N3O2S. The minimum Gasteiger partial charge on any atom is -0.332 e. The highest BCUT2D eigenvalue weighted by atomic mass is 32.2. The Morgan fingerprint density at radius 3 is 2.23 bits per heavy atom. The first-order valence-electron chi connectivity index (χ1n) is 8.50. The topological polar surface area (TPSA) is 55.2 Å². The third-order valence-corrected chi connectivity index (χ3v) is 5.74. The van der Waals surface area contributed by atoms with Gasteiger partial charge in [0.2, 0.25) is 10.0 Å². The van der Waals surface area contributed by atoms with Gasteiger partial charge in [-0.25, -0.2) is 17.7 Å². The highest BCUT2D eigenvalue weighted by Crippen LogP contribution is 2.24. The molecule has 0 unspecified atom stereocenters. The number of rotatable bonds is 7. The van der Waals surface area contributed by atoms with Crippen molar-refractivity contribution in [3.05, 3.63) is 78.2 Å². The molecule has 5 nitrogen and oxygen atoms in total. The Morgan fingerprint density at radius 1 is 1.00 bits per heavy atom. The molecule has 3 aromatic rings. The molecule has 0 atom stereocenters. The lowest BCUT2D eigenvalue weighted by molar-refractivity contribution is 0.446. The molecule has 1 aromatic heterocycles. The maximum Gasteiger partial charge on any atom is 0.211 e. The molecule has 0 aliphatic rings. The van der Waals surface area contributed by atoms with E-state index in [4.69, 9.17) is 0 Å². The lowest BCUT2D eigenvalue weighted by Gasteiger charge is -2.16. The van der Waals surface area contributed by atoms with Gasteiger partial charge in [-0.2, -0.15) is 0 Å². The van der Waals surface area contributed by atoms with Crippen molar-refractivity contribution in [2.75, 3.05) is 19.8 Å². The van der Waals surface area contributed by atoms with Gasteiger partial charge in [0.05, 0.1) is 18.3 Å². The van der Waals surface area contributed by atoms with Crippen LogP contribution in [0.15, 0.2) is 67.0 Å². The predicted molar refractivity (Wildman–Crippen MR) is 104 cm³/mol.